The average Bonchev–Trinajstić information content (AvgIpc) is 3.00. The molecule has 1 saturated heterocycles. The first-order chi connectivity index (χ1) is 10.6. The average molecular weight is 306 g/mol. The molecule has 0 spiro atoms. The topological polar surface area (TPSA) is 52.5 Å². The van der Waals surface area contributed by atoms with Crippen LogP contribution in [0.2, 0.25) is 0 Å². The molecule has 1 N–H and O–H groups in total. The molecule has 0 saturated carbocycles. The van der Waals surface area contributed by atoms with Crippen LogP contribution in [-0.4, -0.2) is 42.4 Å². The molecule has 2 heterocycles. The van der Waals surface area contributed by atoms with Gasteiger partial charge in [0.05, 0.1) is 25.4 Å². The summed E-state index contributed by atoms with van der Waals surface area (Å²) in [4.78, 5) is 12.1. The molecule has 0 bridgehead atoms. The van der Waals surface area contributed by atoms with Gasteiger partial charge in [-0.1, -0.05) is 11.6 Å². The first kappa shape index (κ1) is 16.8. The van der Waals surface area contributed by atoms with Gasteiger partial charge in [-0.25, -0.2) is 0 Å². The van der Waals surface area contributed by atoms with Gasteiger partial charge in [0.15, 0.2) is 0 Å². The van der Waals surface area contributed by atoms with Crippen LogP contribution < -0.4 is 5.32 Å². The lowest BCUT2D eigenvalue weighted by atomic mass is 10.1. The largest absolute Gasteiger partial charge is 0.379 e. The zero-order valence-electron chi connectivity index (χ0n) is 13.5. The standard InChI is InChI=1S/C17H26N2O3/c1-14(2)6-12-22-16-7-11-21-13-15(16)18-17(20)5-10-19-8-3-4-9-19/h3-4,6,8-9,15-16H,5,7,10-13H2,1-2H3,(H,18,20)/t15-,16+/m0/s1. The maximum Gasteiger partial charge on any atom is 0.222 e. The highest BCUT2D eigenvalue weighted by molar-refractivity contribution is 5.76. The van der Waals surface area contributed by atoms with E-state index in [1.165, 1.54) is 5.57 Å². The Bertz CT molecular complexity index is 478. The minimum Gasteiger partial charge on any atom is -0.379 e. The quantitative estimate of drug-likeness (QED) is 0.785. The summed E-state index contributed by atoms with van der Waals surface area (Å²) in [5.74, 6) is 0.0417. The van der Waals surface area contributed by atoms with Gasteiger partial charge in [0.1, 0.15) is 0 Å². The molecular formula is C17H26N2O3. The van der Waals surface area contributed by atoms with Crippen molar-refractivity contribution in [3.05, 3.63) is 36.2 Å². The number of nitrogens with one attached hydrogen (secondary N) is 1. The van der Waals surface area contributed by atoms with Crippen LogP contribution in [0.25, 0.3) is 0 Å². The Morgan fingerprint density at radius 2 is 2.18 bits per heavy atom. The number of aryl methyl sites for hydroxylation is 1. The summed E-state index contributed by atoms with van der Waals surface area (Å²) in [5, 5.41) is 3.05. The molecule has 0 aromatic carbocycles. The van der Waals surface area contributed by atoms with Crippen molar-refractivity contribution in [2.45, 2.75) is 45.4 Å². The molecule has 122 valence electrons. The summed E-state index contributed by atoms with van der Waals surface area (Å²) >= 11 is 0. The van der Waals surface area contributed by atoms with Gasteiger partial charge in [0, 0.05) is 32.0 Å². The Labute approximate surface area is 132 Å². The van der Waals surface area contributed by atoms with E-state index in [4.69, 9.17) is 9.47 Å². The van der Waals surface area contributed by atoms with Gasteiger partial charge in [-0.15, -0.1) is 0 Å². The van der Waals surface area contributed by atoms with Gasteiger partial charge in [-0.05, 0) is 32.4 Å². The van der Waals surface area contributed by atoms with Gasteiger partial charge in [0.2, 0.25) is 5.91 Å². The molecule has 1 fully saturated rings. The minimum absolute atomic E-state index is 0.0277. The second-order valence-corrected chi connectivity index (χ2v) is 5.86. The number of carbonyl (C=O) groups is 1. The number of ether oxygens (including phenoxy) is 2. The second-order valence-electron chi connectivity index (χ2n) is 5.86. The van der Waals surface area contributed by atoms with E-state index in [9.17, 15) is 4.79 Å². The van der Waals surface area contributed by atoms with E-state index in [0.717, 1.165) is 6.42 Å². The van der Waals surface area contributed by atoms with E-state index in [2.05, 4.69) is 11.4 Å². The number of carbonyl (C=O) groups excluding carboxylic acids is 1. The van der Waals surface area contributed by atoms with E-state index < -0.39 is 0 Å². The van der Waals surface area contributed by atoms with Crippen LogP contribution in [0.3, 0.4) is 0 Å². The molecule has 5 heteroatoms. The lowest BCUT2D eigenvalue weighted by molar-refractivity contribution is -0.126. The third-order valence-corrected chi connectivity index (χ3v) is 3.70. The Kier molecular flexibility index (Phi) is 6.68. The van der Waals surface area contributed by atoms with Gasteiger partial charge in [-0.2, -0.15) is 0 Å². The Morgan fingerprint density at radius 1 is 1.41 bits per heavy atom. The van der Waals surface area contributed by atoms with Crippen molar-refractivity contribution >= 4 is 5.91 Å². The van der Waals surface area contributed by atoms with E-state index >= 15 is 0 Å². The van der Waals surface area contributed by atoms with Gasteiger partial charge < -0.3 is 19.4 Å². The van der Waals surface area contributed by atoms with Crippen LogP contribution in [0.4, 0.5) is 0 Å². The molecule has 1 aromatic rings. The van der Waals surface area contributed by atoms with Crippen molar-refractivity contribution < 1.29 is 14.3 Å². The zero-order chi connectivity index (χ0) is 15.8. The molecule has 5 nitrogen and oxygen atoms in total. The molecule has 2 rings (SSSR count). The fourth-order valence-corrected chi connectivity index (χ4v) is 2.42. The van der Waals surface area contributed by atoms with Crippen molar-refractivity contribution in [3.8, 4) is 0 Å². The molecule has 2 atom stereocenters. The summed E-state index contributed by atoms with van der Waals surface area (Å²) < 4.78 is 13.4. The Balaban J connectivity index is 1.77. The number of allylic oxidation sites excluding steroid dienone is 1. The van der Waals surface area contributed by atoms with Gasteiger partial charge >= 0.3 is 0 Å². The fourth-order valence-electron chi connectivity index (χ4n) is 2.42. The normalized spacial score (nSPS) is 21.4. The van der Waals surface area contributed by atoms with Crippen molar-refractivity contribution in [1.82, 2.24) is 9.88 Å². The summed E-state index contributed by atoms with van der Waals surface area (Å²) in [6, 6.07) is 3.86. The maximum absolute atomic E-state index is 12.1. The second kappa shape index (κ2) is 8.76. The Hall–Kier alpha value is -1.59. The van der Waals surface area contributed by atoms with E-state index in [1.54, 1.807) is 0 Å². The third kappa shape index (κ3) is 5.66. The van der Waals surface area contributed by atoms with Crippen molar-refractivity contribution in [2.24, 2.45) is 0 Å². The minimum atomic E-state index is -0.0588. The lowest BCUT2D eigenvalue weighted by Crippen LogP contribution is -2.50. The molecule has 1 aromatic heterocycles. The predicted molar refractivity (Wildman–Crippen MR) is 85.6 cm³/mol. The number of nitrogens with zero attached hydrogens (tertiary/aromatic N) is 1. The van der Waals surface area contributed by atoms with Crippen LogP contribution in [0.1, 0.15) is 26.7 Å². The summed E-state index contributed by atoms with van der Waals surface area (Å²) in [5.41, 5.74) is 1.24. The molecule has 0 unspecified atom stereocenters. The summed E-state index contributed by atoms with van der Waals surface area (Å²) in [6.45, 7) is 6.59. The van der Waals surface area contributed by atoms with Gasteiger partial charge in [0.25, 0.3) is 0 Å². The molecule has 1 aliphatic rings. The number of hydrogen-bond acceptors (Lipinski definition) is 3. The van der Waals surface area contributed by atoms with Crippen molar-refractivity contribution in [3.63, 3.8) is 0 Å². The highest BCUT2D eigenvalue weighted by atomic mass is 16.5. The van der Waals surface area contributed by atoms with Crippen molar-refractivity contribution in [2.75, 3.05) is 19.8 Å². The van der Waals surface area contributed by atoms with E-state index in [-0.39, 0.29) is 18.1 Å². The van der Waals surface area contributed by atoms with E-state index in [1.807, 2.05) is 42.9 Å². The highest BCUT2D eigenvalue weighted by Crippen LogP contribution is 2.12. The van der Waals surface area contributed by atoms with Crippen LogP contribution in [0.5, 0.6) is 0 Å². The zero-order valence-corrected chi connectivity index (χ0v) is 13.5. The molecule has 1 amide bonds. The van der Waals surface area contributed by atoms with Crippen LogP contribution in [0.15, 0.2) is 36.2 Å². The number of aromatic nitrogens is 1. The lowest BCUT2D eigenvalue weighted by Gasteiger charge is -2.32. The highest BCUT2D eigenvalue weighted by Gasteiger charge is 2.27. The third-order valence-electron chi connectivity index (χ3n) is 3.70. The predicted octanol–water partition coefficient (Wildman–Crippen LogP) is 2.13. The number of rotatable bonds is 7. The van der Waals surface area contributed by atoms with Gasteiger partial charge in [-0.3, -0.25) is 4.79 Å². The Morgan fingerprint density at radius 3 is 2.91 bits per heavy atom. The van der Waals surface area contributed by atoms with E-state index in [0.29, 0.717) is 32.8 Å². The maximum atomic E-state index is 12.1. The monoisotopic (exact) mass is 306 g/mol. The smallest absolute Gasteiger partial charge is 0.222 e. The number of amides is 1. The molecule has 1 aliphatic heterocycles. The molecule has 0 aliphatic carbocycles. The SMILES string of the molecule is CC(C)=CCO[C@@H]1CCOC[C@@H]1NC(=O)CCn1cccc1. The summed E-state index contributed by atoms with van der Waals surface area (Å²) in [7, 11) is 0. The first-order valence-corrected chi connectivity index (χ1v) is 7.88. The molecular weight excluding hydrogens is 280 g/mol. The number of hydrogen-bond donors (Lipinski definition) is 1. The van der Waals surface area contributed by atoms with Crippen LogP contribution >= 0.6 is 0 Å². The summed E-state index contributed by atoms with van der Waals surface area (Å²) in [6.07, 6.45) is 7.29. The fraction of sp³-hybridized carbons (Fsp3) is 0.588. The van der Waals surface area contributed by atoms with Crippen molar-refractivity contribution in [1.29, 1.82) is 0 Å². The van der Waals surface area contributed by atoms with Crippen LogP contribution in [0, 0.1) is 0 Å². The molecule has 0 radical (unpaired) electrons. The first-order valence-electron chi connectivity index (χ1n) is 7.88. The molecule has 22 heavy (non-hydrogen) atoms. The van der Waals surface area contributed by atoms with Crippen LogP contribution in [-0.2, 0) is 20.8 Å².